The highest BCUT2D eigenvalue weighted by atomic mass is 16.5. The largest absolute Gasteiger partial charge is 0.393 e. The maximum absolute atomic E-state index is 11.9. The molecule has 10 atom stereocenters. The Hall–Kier alpha value is -0.120. The van der Waals surface area contributed by atoms with Crippen molar-refractivity contribution < 1.29 is 14.9 Å². The quantitative estimate of drug-likeness (QED) is 0.455. The van der Waals surface area contributed by atoms with Crippen molar-refractivity contribution in [3.63, 3.8) is 0 Å². The Labute approximate surface area is 203 Å². The maximum Gasteiger partial charge on any atom is 0.0693 e. The molecule has 0 aromatic carbocycles. The number of aliphatic hydroxyl groups is 2. The van der Waals surface area contributed by atoms with E-state index in [-0.39, 0.29) is 45.1 Å². The Balaban J connectivity index is 1.51. The van der Waals surface area contributed by atoms with Gasteiger partial charge in [-0.25, -0.2) is 0 Å². The first-order valence-corrected chi connectivity index (χ1v) is 14.2. The van der Waals surface area contributed by atoms with Gasteiger partial charge in [-0.15, -0.1) is 0 Å². The molecule has 5 fully saturated rings. The average molecular weight is 461 g/mol. The number of aliphatic hydroxyl groups excluding tert-OH is 2. The van der Waals surface area contributed by atoms with Crippen molar-refractivity contribution in [1.82, 2.24) is 0 Å². The zero-order chi connectivity index (χ0) is 24.2. The lowest BCUT2D eigenvalue weighted by Crippen LogP contribution is -2.66. The standard InChI is InChI=1S/C30H52O3/c1-25(2)13-9-14-30(8,33-25)19-10-16-29(7)24(19)20(31)18-22-27(5)15-12-23(32)26(3,4)21(27)11-17-28(22,29)6/h19-24,31-32H,9-18H2,1-8H3/t19-,20-,21+,22+,23+,24+,27+,28-,29-,30-/m1/s1. The van der Waals surface area contributed by atoms with E-state index in [4.69, 9.17) is 4.74 Å². The number of fused-ring (bicyclic) bond motifs is 5. The summed E-state index contributed by atoms with van der Waals surface area (Å²) in [5.74, 6) is 1.85. The minimum Gasteiger partial charge on any atom is -0.393 e. The van der Waals surface area contributed by atoms with Crippen molar-refractivity contribution in [1.29, 1.82) is 0 Å². The van der Waals surface area contributed by atoms with Gasteiger partial charge in [0.15, 0.2) is 0 Å². The van der Waals surface area contributed by atoms with E-state index in [0.29, 0.717) is 23.7 Å². The molecule has 0 aromatic heterocycles. The van der Waals surface area contributed by atoms with Crippen LogP contribution in [0.4, 0.5) is 0 Å². The van der Waals surface area contributed by atoms with Gasteiger partial charge in [0.05, 0.1) is 23.4 Å². The van der Waals surface area contributed by atoms with E-state index in [2.05, 4.69) is 55.4 Å². The molecule has 1 saturated heterocycles. The first kappa shape index (κ1) is 24.6. The Bertz CT molecular complexity index is 789. The van der Waals surface area contributed by atoms with Crippen molar-refractivity contribution in [2.24, 2.45) is 45.3 Å². The van der Waals surface area contributed by atoms with Crippen LogP contribution in [0.5, 0.6) is 0 Å². The van der Waals surface area contributed by atoms with Crippen LogP contribution in [0.25, 0.3) is 0 Å². The molecule has 0 bridgehead atoms. The van der Waals surface area contributed by atoms with Gasteiger partial charge in [0.1, 0.15) is 0 Å². The van der Waals surface area contributed by atoms with Crippen molar-refractivity contribution in [3.8, 4) is 0 Å². The molecule has 1 heterocycles. The Morgan fingerprint density at radius 1 is 0.697 bits per heavy atom. The molecule has 2 N–H and O–H groups in total. The predicted octanol–water partition coefficient (Wildman–Crippen LogP) is 6.74. The molecule has 0 unspecified atom stereocenters. The van der Waals surface area contributed by atoms with Gasteiger partial charge in [0.2, 0.25) is 0 Å². The van der Waals surface area contributed by atoms with Crippen molar-refractivity contribution in [2.75, 3.05) is 0 Å². The highest BCUT2D eigenvalue weighted by Crippen LogP contribution is 2.76. The fourth-order valence-electron chi connectivity index (χ4n) is 11.3. The summed E-state index contributed by atoms with van der Waals surface area (Å²) in [7, 11) is 0. The molecular formula is C30H52O3. The summed E-state index contributed by atoms with van der Waals surface area (Å²) in [6.07, 6.45) is 10.9. The van der Waals surface area contributed by atoms with Gasteiger partial charge in [-0.05, 0) is 130 Å². The maximum atomic E-state index is 11.9. The molecule has 4 aliphatic carbocycles. The van der Waals surface area contributed by atoms with Gasteiger partial charge in [0.25, 0.3) is 0 Å². The van der Waals surface area contributed by atoms with E-state index < -0.39 is 0 Å². The van der Waals surface area contributed by atoms with Crippen LogP contribution in [0, 0.1) is 45.3 Å². The first-order valence-electron chi connectivity index (χ1n) is 14.2. The summed E-state index contributed by atoms with van der Waals surface area (Å²) in [5, 5.41) is 22.8. The molecular weight excluding hydrogens is 408 g/mol. The van der Waals surface area contributed by atoms with Crippen LogP contribution in [0.2, 0.25) is 0 Å². The smallest absolute Gasteiger partial charge is 0.0693 e. The van der Waals surface area contributed by atoms with Crippen LogP contribution in [0.1, 0.15) is 120 Å². The van der Waals surface area contributed by atoms with E-state index in [9.17, 15) is 10.2 Å². The van der Waals surface area contributed by atoms with Crippen LogP contribution in [-0.4, -0.2) is 33.6 Å². The highest BCUT2D eigenvalue weighted by molar-refractivity contribution is 5.20. The molecule has 0 spiro atoms. The summed E-state index contributed by atoms with van der Waals surface area (Å²) in [6.45, 7) is 19.2. The molecule has 0 amide bonds. The van der Waals surface area contributed by atoms with Gasteiger partial charge in [-0.1, -0.05) is 34.6 Å². The lowest BCUT2D eigenvalue weighted by atomic mass is 9.35. The zero-order valence-corrected chi connectivity index (χ0v) is 22.8. The molecule has 33 heavy (non-hydrogen) atoms. The van der Waals surface area contributed by atoms with E-state index in [1.165, 1.54) is 32.1 Å². The summed E-state index contributed by atoms with van der Waals surface area (Å²) in [5.41, 5.74) is 0.392. The van der Waals surface area contributed by atoms with Gasteiger partial charge in [-0.3, -0.25) is 0 Å². The summed E-state index contributed by atoms with van der Waals surface area (Å²) >= 11 is 0. The Morgan fingerprint density at radius 2 is 1.36 bits per heavy atom. The van der Waals surface area contributed by atoms with E-state index >= 15 is 0 Å². The lowest BCUT2D eigenvalue weighted by molar-refractivity contribution is -0.257. The normalized spacial score (nSPS) is 57.6. The van der Waals surface area contributed by atoms with Crippen LogP contribution < -0.4 is 0 Å². The molecule has 3 heteroatoms. The highest BCUT2D eigenvalue weighted by Gasteiger charge is 2.71. The minimum atomic E-state index is -0.239. The van der Waals surface area contributed by atoms with Gasteiger partial charge >= 0.3 is 0 Å². The topological polar surface area (TPSA) is 49.7 Å². The molecule has 190 valence electrons. The molecule has 3 nitrogen and oxygen atoms in total. The summed E-state index contributed by atoms with van der Waals surface area (Å²) in [6, 6.07) is 0. The molecule has 0 radical (unpaired) electrons. The van der Waals surface area contributed by atoms with Crippen molar-refractivity contribution >= 4 is 0 Å². The predicted molar refractivity (Wildman–Crippen MR) is 134 cm³/mol. The van der Waals surface area contributed by atoms with Crippen LogP contribution >= 0.6 is 0 Å². The third-order valence-corrected chi connectivity index (χ3v) is 13.1. The molecule has 0 aromatic rings. The fraction of sp³-hybridized carbons (Fsp3) is 1.00. The zero-order valence-electron chi connectivity index (χ0n) is 22.8. The lowest BCUT2D eigenvalue weighted by Gasteiger charge is -2.70. The van der Waals surface area contributed by atoms with E-state index in [1.54, 1.807) is 0 Å². The molecule has 5 rings (SSSR count). The second-order valence-electron chi connectivity index (χ2n) is 15.4. The number of ether oxygens (including phenoxy) is 1. The van der Waals surface area contributed by atoms with E-state index in [0.717, 1.165) is 32.1 Å². The van der Waals surface area contributed by atoms with Crippen LogP contribution in [0.15, 0.2) is 0 Å². The van der Waals surface area contributed by atoms with Crippen molar-refractivity contribution in [3.05, 3.63) is 0 Å². The molecule has 4 saturated carbocycles. The summed E-state index contributed by atoms with van der Waals surface area (Å²) < 4.78 is 6.86. The average Bonchev–Trinajstić information content (AvgIpc) is 3.07. The molecule has 5 aliphatic rings. The first-order chi connectivity index (χ1) is 15.1. The fourth-order valence-corrected chi connectivity index (χ4v) is 11.3. The number of rotatable bonds is 1. The number of hydrogen-bond donors (Lipinski definition) is 2. The minimum absolute atomic E-state index is 0.0375. The molecule has 1 aliphatic heterocycles. The van der Waals surface area contributed by atoms with Gasteiger partial charge in [0, 0.05) is 0 Å². The number of hydrogen-bond acceptors (Lipinski definition) is 3. The summed E-state index contributed by atoms with van der Waals surface area (Å²) in [4.78, 5) is 0. The van der Waals surface area contributed by atoms with Crippen LogP contribution in [-0.2, 0) is 4.74 Å². The third-order valence-electron chi connectivity index (χ3n) is 13.1. The monoisotopic (exact) mass is 460 g/mol. The second kappa shape index (κ2) is 7.22. The second-order valence-corrected chi connectivity index (χ2v) is 15.4. The SMILES string of the molecule is CC1(C)CCC[C@](C)([C@@H]2CC[C@]3(C)[C@@H]2[C@H](O)C[C@H]2[C@@]4(C)CC[C@H](O)C(C)(C)[C@@H]4CC[C@]23C)O1. The van der Waals surface area contributed by atoms with Gasteiger partial charge < -0.3 is 14.9 Å². The third kappa shape index (κ3) is 3.16. The van der Waals surface area contributed by atoms with Gasteiger partial charge in [-0.2, -0.15) is 0 Å². The van der Waals surface area contributed by atoms with Crippen molar-refractivity contribution in [2.45, 2.75) is 143 Å². The Morgan fingerprint density at radius 3 is 2.03 bits per heavy atom. The van der Waals surface area contributed by atoms with E-state index in [1.807, 2.05) is 0 Å². The van der Waals surface area contributed by atoms with Crippen LogP contribution in [0.3, 0.4) is 0 Å². The Kier molecular flexibility index (Phi) is 5.38.